The Kier molecular flexibility index (Phi) is 5.93. The number of halogens is 3. The van der Waals surface area contributed by atoms with Crippen molar-refractivity contribution in [2.24, 2.45) is 5.41 Å². The van der Waals surface area contributed by atoms with E-state index >= 15 is 0 Å². The Bertz CT molecular complexity index is 440. The van der Waals surface area contributed by atoms with Crippen LogP contribution in [0.5, 0.6) is 0 Å². The molecule has 0 aliphatic heterocycles. The molecule has 0 aromatic carbocycles. The lowest BCUT2D eigenvalue weighted by Gasteiger charge is -2.38. The molecule has 0 heterocycles. The van der Waals surface area contributed by atoms with Gasteiger partial charge in [-0.2, -0.15) is 13.2 Å². The van der Waals surface area contributed by atoms with Gasteiger partial charge in [0.25, 0.3) is 0 Å². The van der Waals surface area contributed by atoms with Gasteiger partial charge in [-0.1, -0.05) is 13.3 Å². The Morgan fingerprint density at radius 2 is 1.78 bits per heavy atom. The summed E-state index contributed by atoms with van der Waals surface area (Å²) in [6.45, 7) is 6.40. The summed E-state index contributed by atoms with van der Waals surface area (Å²) in [4.78, 5) is 23.4. The van der Waals surface area contributed by atoms with Crippen LogP contribution in [0.4, 0.5) is 18.0 Å². The van der Waals surface area contributed by atoms with Crippen LogP contribution in [0.3, 0.4) is 0 Å². The van der Waals surface area contributed by atoms with Gasteiger partial charge in [-0.25, -0.2) is 4.79 Å². The van der Waals surface area contributed by atoms with Gasteiger partial charge in [-0.15, -0.1) is 0 Å². The van der Waals surface area contributed by atoms with Gasteiger partial charge < -0.3 is 15.4 Å². The number of carbonyl (C=O) groups is 2. The minimum atomic E-state index is -4.56. The van der Waals surface area contributed by atoms with Crippen molar-refractivity contribution in [1.82, 2.24) is 10.6 Å². The molecule has 0 aromatic heterocycles. The smallest absolute Gasteiger partial charge is 0.408 e. The Balaban J connectivity index is 2.50. The molecule has 0 bridgehead atoms. The van der Waals surface area contributed by atoms with E-state index in [1.54, 1.807) is 27.7 Å². The van der Waals surface area contributed by atoms with Gasteiger partial charge in [0, 0.05) is 12.0 Å². The summed E-state index contributed by atoms with van der Waals surface area (Å²) in [5, 5.41) is 4.33. The molecule has 1 saturated carbocycles. The molecule has 0 aromatic rings. The first-order valence-electron chi connectivity index (χ1n) is 7.68. The predicted molar refractivity (Wildman–Crippen MR) is 78.8 cm³/mol. The van der Waals surface area contributed by atoms with Gasteiger partial charge >= 0.3 is 12.3 Å². The number of ether oxygens (including phenoxy) is 1. The zero-order valence-electron chi connectivity index (χ0n) is 14.0. The van der Waals surface area contributed by atoms with E-state index in [2.05, 4.69) is 10.6 Å². The first kappa shape index (κ1) is 19.6. The molecule has 1 rings (SSSR count). The SMILES string of the molecule is CC(C)(C)OC(=O)NCC[C@@H](NC(=O)C1(C)CCC1)C(F)(F)F. The van der Waals surface area contributed by atoms with E-state index in [4.69, 9.17) is 4.74 Å². The number of rotatable bonds is 5. The number of carbonyl (C=O) groups excluding carboxylic acids is 2. The molecule has 1 atom stereocenters. The van der Waals surface area contributed by atoms with E-state index in [0.29, 0.717) is 12.8 Å². The Morgan fingerprint density at radius 3 is 2.17 bits per heavy atom. The topological polar surface area (TPSA) is 67.4 Å². The fourth-order valence-electron chi connectivity index (χ4n) is 2.22. The second-order valence-electron chi connectivity index (χ2n) is 7.20. The fraction of sp³-hybridized carbons (Fsp3) is 0.867. The number of alkyl halides is 3. The van der Waals surface area contributed by atoms with Crippen molar-refractivity contribution in [2.45, 2.75) is 71.2 Å². The van der Waals surface area contributed by atoms with Crippen molar-refractivity contribution >= 4 is 12.0 Å². The summed E-state index contributed by atoms with van der Waals surface area (Å²) in [6, 6.07) is -1.98. The van der Waals surface area contributed by atoms with Crippen LogP contribution in [-0.4, -0.2) is 36.4 Å². The summed E-state index contributed by atoms with van der Waals surface area (Å²) in [6.07, 6.45) is -3.74. The van der Waals surface area contributed by atoms with Gasteiger partial charge in [0.15, 0.2) is 0 Å². The Morgan fingerprint density at radius 1 is 1.22 bits per heavy atom. The molecule has 0 radical (unpaired) electrons. The molecule has 134 valence electrons. The lowest BCUT2D eigenvalue weighted by Crippen LogP contribution is -2.53. The molecular weight excluding hydrogens is 313 g/mol. The normalized spacial score (nSPS) is 18.6. The highest BCUT2D eigenvalue weighted by Crippen LogP contribution is 2.40. The van der Waals surface area contributed by atoms with Crippen LogP contribution in [0, 0.1) is 5.41 Å². The van der Waals surface area contributed by atoms with Gasteiger partial charge in [-0.3, -0.25) is 4.79 Å². The van der Waals surface area contributed by atoms with Gasteiger partial charge in [-0.05, 0) is 40.0 Å². The van der Waals surface area contributed by atoms with E-state index < -0.39 is 41.7 Å². The molecule has 5 nitrogen and oxygen atoms in total. The van der Waals surface area contributed by atoms with Crippen LogP contribution < -0.4 is 10.6 Å². The average molecular weight is 338 g/mol. The standard InChI is InChI=1S/C15H25F3N2O3/c1-13(2,3)23-12(22)19-9-6-10(15(16,17)18)20-11(21)14(4)7-5-8-14/h10H,5-9H2,1-4H3,(H,19,22)(H,20,21)/t10-/m1/s1. The number of amides is 2. The zero-order valence-corrected chi connectivity index (χ0v) is 14.0. The highest BCUT2D eigenvalue weighted by atomic mass is 19.4. The maximum absolute atomic E-state index is 13.0. The third-order valence-electron chi connectivity index (χ3n) is 3.81. The van der Waals surface area contributed by atoms with Crippen molar-refractivity contribution < 1.29 is 27.5 Å². The molecule has 8 heteroatoms. The number of nitrogens with one attached hydrogen (secondary N) is 2. The van der Waals surface area contributed by atoms with E-state index in [-0.39, 0.29) is 6.54 Å². The number of hydrogen-bond acceptors (Lipinski definition) is 3. The minimum Gasteiger partial charge on any atom is -0.444 e. The first-order chi connectivity index (χ1) is 10.3. The first-order valence-corrected chi connectivity index (χ1v) is 7.68. The fourth-order valence-corrected chi connectivity index (χ4v) is 2.22. The summed E-state index contributed by atoms with van der Waals surface area (Å²) < 4.78 is 44.0. The minimum absolute atomic E-state index is 0.240. The van der Waals surface area contributed by atoms with Crippen LogP contribution in [0.1, 0.15) is 53.4 Å². The maximum Gasteiger partial charge on any atom is 0.408 e. The maximum atomic E-state index is 13.0. The van der Waals surface area contributed by atoms with E-state index in [0.717, 1.165) is 6.42 Å². The van der Waals surface area contributed by atoms with Gasteiger partial charge in [0.1, 0.15) is 11.6 Å². The Hall–Kier alpha value is -1.47. The molecule has 1 aliphatic carbocycles. The average Bonchev–Trinajstić information content (AvgIpc) is 2.30. The lowest BCUT2D eigenvalue weighted by atomic mass is 9.69. The highest BCUT2D eigenvalue weighted by molar-refractivity contribution is 5.83. The largest absolute Gasteiger partial charge is 0.444 e. The molecule has 0 unspecified atom stereocenters. The van der Waals surface area contributed by atoms with Crippen LogP contribution >= 0.6 is 0 Å². The highest BCUT2D eigenvalue weighted by Gasteiger charge is 2.45. The summed E-state index contributed by atoms with van der Waals surface area (Å²) >= 11 is 0. The number of alkyl carbamates (subject to hydrolysis) is 1. The predicted octanol–water partition coefficient (Wildman–Crippen LogP) is 3.14. The van der Waals surface area contributed by atoms with E-state index in [1.807, 2.05) is 0 Å². The molecule has 0 saturated heterocycles. The second-order valence-corrected chi connectivity index (χ2v) is 7.20. The molecule has 0 spiro atoms. The quantitative estimate of drug-likeness (QED) is 0.809. The van der Waals surface area contributed by atoms with Crippen molar-refractivity contribution in [3.63, 3.8) is 0 Å². The summed E-state index contributed by atoms with van der Waals surface area (Å²) in [7, 11) is 0. The van der Waals surface area contributed by atoms with Crippen LogP contribution in [-0.2, 0) is 9.53 Å². The summed E-state index contributed by atoms with van der Waals surface area (Å²) in [5.41, 5.74) is -1.43. The van der Waals surface area contributed by atoms with Crippen LogP contribution in [0.15, 0.2) is 0 Å². The van der Waals surface area contributed by atoms with Crippen molar-refractivity contribution in [2.75, 3.05) is 6.54 Å². The third-order valence-corrected chi connectivity index (χ3v) is 3.81. The van der Waals surface area contributed by atoms with E-state index in [9.17, 15) is 22.8 Å². The second kappa shape index (κ2) is 6.97. The van der Waals surface area contributed by atoms with Gasteiger partial charge in [0.2, 0.25) is 5.91 Å². The summed E-state index contributed by atoms with van der Waals surface area (Å²) in [5.74, 6) is -0.580. The molecule has 23 heavy (non-hydrogen) atoms. The van der Waals surface area contributed by atoms with Crippen LogP contribution in [0.25, 0.3) is 0 Å². The molecule has 1 fully saturated rings. The monoisotopic (exact) mass is 338 g/mol. The molecule has 2 amide bonds. The van der Waals surface area contributed by atoms with Crippen molar-refractivity contribution in [3.8, 4) is 0 Å². The third kappa shape index (κ3) is 6.27. The van der Waals surface area contributed by atoms with Gasteiger partial charge in [0.05, 0.1) is 0 Å². The van der Waals surface area contributed by atoms with E-state index in [1.165, 1.54) is 0 Å². The molecule has 2 N–H and O–H groups in total. The van der Waals surface area contributed by atoms with Crippen LogP contribution in [0.2, 0.25) is 0 Å². The lowest BCUT2D eigenvalue weighted by molar-refractivity contribution is -0.167. The molecule has 1 aliphatic rings. The van der Waals surface area contributed by atoms with Crippen molar-refractivity contribution in [1.29, 1.82) is 0 Å². The van der Waals surface area contributed by atoms with Crippen molar-refractivity contribution in [3.05, 3.63) is 0 Å². The Labute approximate surface area is 134 Å². The molecular formula is C15H25F3N2O3. The number of hydrogen-bond donors (Lipinski definition) is 2. The zero-order chi connectivity index (χ0) is 17.9.